The minimum Gasteiger partial charge on any atom is -0.0932 e. The summed E-state index contributed by atoms with van der Waals surface area (Å²) >= 11 is 0. The molecule has 2 rings (SSSR count). The highest BCUT2D eigenvalue weighted by Gasteiger charge is 2.22. The fourth-order valence-corrected chi connectivity index (χ4v) is 4.30. The molecule has 0 aromatic carbocycles. The van der Waals surface area contributed by atoms with Gasteiger partial charge in [0.25, 0.3) is 0 Å². The zero-order valence-electron chi connectivity index (χ0n) is 8.84. The molecule has 1 saturated carbocycles. The van der Waals surface area contributed by atoms with Crippen LogP contribution in [0, 0.1) is 5.92 Å². The number of rotatable bonds is 1. The third-order valence-corrected chi connectivity index (χ3v) is 6.22. The van der Waals surface area contributed by atoms with Crippen LogP contribution < -0.4 is 0 Å². The zero-order chi connectivity index (χ0) is 9.26. The van der Waals surface area contributed by atoms with Crippen molar-refractivity contribution < 1.29 is 0 Å². The molecule has 0 aromatic heterocycles. The van der Waals surface area contributed by atoms with E-state index in [0.717, 1.165) is 5.92 Å². The first-order valence-corrected chi connectivity index (χ1v) is 8.08. The molecular weight excluding hydrogens is 172 g/mol. The van der Waals surface area contributed by atoms with E-state index in [1.165, 1.54) is 32.1 Å². The number of hydrogen-bond donors (Lipinski definition) is 0. The summed E-state index contributed by atoms with van der Waals surface area (Å²) in [6, 6.07) is 0. The van der Waals surface area contributed by atoms with Crippen molar-refractivity contribution in [3.8, 4) is 0 Å². The smallest absolute Gasteiger partial charge is 0.0859 e. The molecule has 0 amide bonds. The molecular formula is C12H20Si. The van der Waals surface area contributed by atoms with Crippen LogP contribution in [0.1, 0.15) is 39.0 Å². The van der Waals surface area contributed by atoms with E-state index in [2.05, 4.69) is 25.2 Å². The second kappa shape index (κ2) is 3.83. The highest BCUT2D eigenvalue weighted by Crippen LogP contribution is 2.34. The summed E-state index contributed by atoms with van der Waals surface area (Å²) in [5.74, 6) is 0.933. The lowest BCUT2D eigenvalue weighted by molar-refractivity contribution is 0.407. The standard InChI is InChI=1S/C12H20Si/c1-10-12(8-9-13(10)2)11-6-4-3-5-7-11/h8-9,11,13H,3-7H2,1-2H3. The average Bonchev–Trinajstić information content (AvgIpc) is 2.49. The molecule has 2 aliphatic rings. The fourth-order valence-electron chi connectivity index (χ4n) is 2.66. The third-order valence-electron chi connectivity index (χ3n) is 3.75. The molecule has 1 aliphatic heterocycles. The predicted molar refractivity (Wildman–Crippen MR) is 61.4 cm³/mol. The Morgan fingerprint density at radius 1 is 1.23 bits per heavy atom. The van der Waals surface area contributed by atoms with Crippen molar-refractivity contribution in [3.63, 3.8) is 0 Å². The van der Waals surface area contributed by atoms with Gasteiger partial charge in [-0.15, -0.1) is 0 Å². The van der Waals surface area contributed by atoms with Crippen molar-refractivity contribution in [2.75, 3.05) is 0 Å². The Hall–Kier alpha value is -0.303. The number of hydrogen-bond acceptors (Lipinski definition) is 0. The maximum absolute atomic E-state index is 2.50. The molecule has 0 nitrogen and oxygen atoms in total. The van der Waals surface area contributed by atoms with Crippen LogP contribution in [0.2, 0.25) is 6.55 Å². The van der Waals surface area contributed by atoms with E-state index in [9.17, 15) is 0 Å². The van der Waals surface area contributed by atoms with Gasteiger partial charge in [-0.25, -0.2) is 0 Å². The maximum Gasteiger partial charge on any atom is 0.0859 e. The molecule has 1 atom stereocenters. The molecule has 0 aromatic rings. The summed E-state index contributed by atoms with van der Waals surface area (Å²) < 4.78 is 0. The molecule has 0 saturated heterocycles. The Kier molecular flexibility index (Phi) is 2.73. The highest BCUT2D eigenvalue weighted by atomic mass is 28.3. The van der Waals surface area contributed by atoms with Crippen LogP contribution >= 0.6 is 0 Å². The van der Waals surface area contributed by atoms with Gasteiger partial charge in [-0.3, -0.25) is 0 Å². The third kappa shape index (κ3) is 1.80. The summed E-state index contributed by atoms with van der Waals surface area (Å²) in [7, 11) is -0.573. The van der Waals surface area contributed by atoms with Crippen molar-refractivity contribution >= 4 is 8.80 Å². The Balaban J connectivity index is 2.11. The van der Waals surface area contributed by atoms with Crippen LogP contribution in [0.3, 0.4) is 0 Å². The molecule has 72 valence electrons. The van der Waals surface area contributed by atoms with Crippen LogP contribution in [0.5, 0.6) is 0 Å². The SMILES string of the molecule is CC1=C(C2CCCCC2)C=C[SiH]1C. The lowest BCUT2D eigenvalue weighted by atomic mass is 9.84. The van der Waals surface area contributed by atoms with Crippen LogP contribution in [0.15, 0.2) is 22.5 Å². The molecule has 1 heterocycles. The molecule has 1 unspecified atom stereocenters. The second-order valence-electron chi connectivity index (χ2n) is 4.62. The summed E-state index contributed by atoms with van der Waals surface area (Å²) in [5, 5.41) is 1.77. The van der Waals surface area contributed by atoms with Gasteiger partial charge in [0.05, 0.1) is 8.80 Å². The van der Waals surface area contributed by atoms with Crippen LogP contribution in [-0.4, -0.2) is 8.80 Å². The van der Waals surface area contributed by atoms with Gasteiger partial charge in [-0.1, -0.05) is 48.4 Å². The fraction of sp³-hybridized carbons (Fsp3) is 0.667. The Labute approximate surface area is 83.3 Å². The van der Waals surface area contributed by atoms with Gasteiger partial charge in [-0.05, 0) is 25.7 Å². The van der Waals surface area contributed by atoms with E-state index in [1.807, 2.05) is 0 Å². The Morgan fingerprint density at radius 2 is 1.92 bits per heavy atom. The molecule has 0 bridgehead atoms. The van der Waals surface area contributed by atoms with E-state index >= 15 is 0 Å². The van der Waals surface area contributed by atoms with Crippen molar-refractivity contribution in [1.82, 2.24) is 0 Å². The van der Waals surface area contributed by atoms with Crippen molar-refractivity contribution in [1.29, 1.82) is 0 Å². The molecule has 13 heavy (non-hydrogen) atoms. The van der Waals surface area contributed by atoms with Crippen molar-refractivity contribution in [3.05, 3.63) is 22.5 Å². The maximum atomic E-state index is 2.50. The lowest BCUT2D eigenvalue weighted by Crippen LogP contribution is -2.10. The van der Waals surface area contributed by atoms with E-state index in [0.29, 0.717) is 0 Å². The first kappa shape index (κ1) is 9.26. The average molecular weight is 192 g/mol. The van der Waals surface area contributed by atoms with E-state index in [-0.39, 0.29) is 0 Å². The first-order chi connectivity index (χ1) is 6.29. The highest BCUT2D eigenvalue weighted by molar-refractivity contribution is 6.71. The molecule has 1 aliphatic carbocycles. The largest absolute Gasteiger partial charge is 0.0932 e. The van der Waals surface area contributed by atoms with E-state index < -0.39 is 8.80 Å². The molecule has 0 spiro atoms. The topological polar surface area (TPSA) is 0 Å². The van der Waals surface area contributed by atoms with Gasteiger partial charge in [-0.2, -0.15) is 0 Å². The minimum absolute atomic E-state index is 0.573. The van der Waals surface area contributed by atoms with Gasteiger partial charge >= 0.3 is 0 Å². The summed E-state index contributed by atoms with van der Waals surface area (Å²) in [6.07, 6.45) is 9.76. The van der Waals surface area contributed by atoms with Crippen LogP contribution in [-0.2, 0) is 0 Å². The lowest BCUT2D eigenvalue weighted by Gasteiger charge is -2.23. The zero-order valence-corrected chi connectivity index (χ0v) is 10.00. The van der Waals surface area contributed by atoms with Gasteiger partial charge in [0.2, 0.25) is 0 Å². The molecule has 0 radical (unpaired) electrons. The van der Waals surface area contributed by atoms with Gasteiger partial charge in [0, 0.05) is 0 Å². The molecule has 0 N–H and O–H groups in total. The normalized spacial score (nSPS) is 30.2. The Morgan fingerprint density at radius 3 is 2.46 bits per heavy atom. The van der Waals surface area contributed by atoms with Gasteiger partial charge in [0.15, 0.2) is 0 Å². The van der Waals surface area contributed by atoms with Gasteiger partial charge < -0.3 is 0 Å². The van der Waals surface area contributed by atoms with E-state index in [4.69, 9.17) is 0 Å². The molecule has 1 heteroatoms. The minimum atomic E-state index is -0.573. The quantitative estimate of drug-likeness (QED) is 0.559. The monoisotopic (exact) mass is 192 g/mol. The Bertz CT molecular complexity index is 244. The second-order valence-corrected chi connectivity index (χ2v) is 7.45. The van der Waals surface area contributed by atoms with E-state index in [1.54, 1.807) is 10.8 Å². The van der Waals surface area contributed by atoms with Crippen LogP contribution in [0.4, 0.5) is 0 Å². The molecule has 1 fully saturated rings. The summed E-state index contributed by atoms with van der Waals surface area (Å²) in [6.45, 7) is 4.82. The van der Waals surface area contributed by atoms with Gasteiger partial charge in [0.1, 0.15) is 0 Å². The summed E-state index contributed by atoms with van der Waals surface area (Å²) in [5.41, 5.74) is 4.23. The predicted octanol–water partition coefficient (Wildman–Crippen LogP) is 3.39. The first-order valence-electron chi connectivity index (χ1n) is 5.68. The van der Waals surface area contributed by atoms with Crippen molar-refractivity contribution in [2.24, 2.45) is 5.92 Å². The summed E-state index contributed by atoms with van der Waals surface area (Å²) in [4.78, 5) is 0. The van der Waals surface area contributed by atoms with Crippen LogP contribution in [0.25, 0.3) is 0 Å². The number of allylic oxidation sites excluding steroid dienone is 3. The van der Waals surface area contributed by atoms with Crippen molar-refractivity contribution in [2.45, 2.75) is 45.6 Å².